The Labute approximate surface area is 97.4 Å². The van der Waals surface area contributed by atoms with Gasteiger partial charge in [0, 0.05) is 32.5 Å². The maximum atomic E-state index is 12.0. The van der Waals surface area contributed by atoms with Crippen molar-refractivity contribution in [3.63, 3.8) is 0 Å². The Morgan fingerprint density at radius 3 is 2.69 bits per heavy atom. The van der Waals surface area contributed by atoms with Crippen molar-refractivity contribution in [2.24, 2.45) is 5.92 Å². The smallest absolute Gasteiger partial charge is 0.223 e. The fourth-order valence-corrected chi connectivity index (χ4v) is 1.99. The number of piperazine rings is 1. The van der Waals surface area contributed by atoms with E-state index in [1.807, 2.05) is 20.8 Å². The number of carbonyl (C=O) groups excluding carboxylic acids is 2. The molecule has 1 rings (SSSR count). The lowest BCUT2D eigenvalue weighted by Crippen LogP contribution is -2.57. The number of rotatable bonds is 4. The zero-order valence-corrected chi connectivity index (χ0v) is 10.5. The van der Waals surface area contributed by atoms with Crippen LogP contribution in [0.1, 0.15) is 33.6 Å². The molecular formula is C12H22N2O2. The number of amides is 1. The average molecular weight is 226 g/mol. The topological polar surface area (TPSA) is 49.4 Å². The normalized spacial score (nSPS) is 21.2. The second-order valence-electron chi connectivity index (χ2n) is 4.72. The molecule has 16 heavy (non-hydrogen) atoms. The molecule has 1 aliphatic rings. The highest BCUT2D eigenvalue weighted by Crippen LogP contribution is 2.11. The predicted octanol–water partition coefficient (Wildman–Crippen LogP) is 0.812. The largest absolute Gasteiger partial charge is 0.330 e. The highest BCUT2D eigenvalue weighted by Gasteiger charge is 2.30. The summed E-state index contributed by atoms with van der Waals surface area (Å²) in [6.45, 7) is 7.95. The third-order valence-corrected chi connectivity index (χ3v) is 2.87. The van der Waals surface area contributed by atoms with Crippen molar-refractivity contribution < 1.29 is 9.59 Å². The van der Waals surface area contributed by atoms with E-state index < -0.39 is 0 Å². The molecule has 0 aromatic carbocycles. The number of nitrogens with one attached hydrogen (secondary N) is 1. The Morgan fingerprint density at radius 1 is 1.44 bits per heavy atom. The lowest BCUT2D eigenvalue weighted by Gasteiger charge is -2.35. The molecule has 1 heterocycles. The van der Waals surface area contributed by atoms with E-state index in [0.29, 0.717) is 31.8 Å². The van der Waals surface area contributed by atoms with Gasteiger partial charge in [-0.15, -0.1) is 0 Å². The van der Waals surface area contributed by atoms with Crippen LogP contribution in [0.2, 0.25) is 0 Å². The van der Waals surface area contributed by atoms with E-state index in [2.05, 4.69) is 5.32 Å². The summed E-state index contributed by atoms with van der Waals surface area (Å²) in [6.07, 6.45) is 1.03. The molecule has 0 spiro atoms. The van der Waals surface area contributed by atoms with Crippen LogP contribution >= 0.6 is 0 Å². The van der Waals surface area contributed by atoms with Gasteiger partial charge in [-0.05, 0) is 5.92 Å². The van der Waals surface area contributed by atoms with Crippen LogP contribution in [0.25, 0.3) is 0 Å². The van der Waals surface area contributed by atoms with Crippen molar-refractivity contribution in [2.75, 3.05) is 19.6 Å². The van der Waals surface area contributed by atoms with Crippen LogP contribution in [0.15, 0.2) is 0 Å². The molecule has 0 radical (unpaired) electrons. The third kappa shape index (κ3) is 3.30. The summed E-state index contributed by atoms with van der Waals surface area (Å²) >= 11 is 0. The standard InChI is InChI=1S/C12H22N2O2/c1-4-11(15)10-8-13-5-6-14(10)12(16)7-9(2)3/h9-10,13H,4-8H2,1-3H3/t10-/m0/s1. The molecular weight excluding hydrogens is 204 g/mol. The molecule has 0 bridgehead atoms. The highest BCUT2D eigenvalue weighted by molar-refractivity contribution is 5.89. The molecule has 0 aromatic rings. The van der Waals surface area contributed by atoms with Crippen molar-refractivity contribution in [3.8, 4) is 0 Å². The lowest BCUT2D eigenvalue weighted by atomic mass is 10.0. The van der Waals surface area contributed by atoms with E-state index in [-0.39, 0.29) is 17.7 Å². The summed E-state index contributed by atoms with van der Waals surface area (Å²) < 4.78 is 0. The number of nitrogens with zero attached hydrogens (tertiary/aromatic N) is 1. The van der Waals surface area contributed by atoms with Gasteiger partial charge >= 0.3 is 0 Å². The summed E-state index contributed by atoms with van der Waals surface area (Å²) in [5.74, 6) is 0.618. The number of Topliss-reactive ketones (excluding diaryl/α,β-unsaturated/α-hetero) is 1. The van der Waals surface area contributed by atoms with Gasteiger partial charge in [-0.25, -0.2) is 0 Å². The van der Waals surface area contributed by atoms with Crippen molar-refractivity contribution >= 4 is 11.7 Å². The Morgan fingerprint density at radius 2 is 2.12 bits per heavy atom. The third-order valence-electron chi connectivity index (χ3n) is 2.87. The minimum Gasteiger partial charge on any atom is -0.330 e. The molecule has 4 heteroatoms. The number of ketones is 1. The van der Waals surface area contributed by atoms with Crippen molar-refractivity contribution in [1.82, 2.24) is 10.2 Å². The van der Waals surface area contributed by atoms with E-state index in [4.69, 9.17) is 0 Å². The van der Waals surface area contributed by atoms with E-state index in [1.54, 1.807) is 4.90 Å². The molecule has 1 atom stereocenters. The molecule has 4 nitrogen and oxygen atoms in total. The van der Waals surface area contributed by atoms with Gasteiger partial charge in [0.2, 0.25) is 5.91 Å². The molecule has 0 unspecified atom stereocenters. The van der Waals surface area contributed by atoms with Crippen LogP contribution in [0, 0.1) is 5.92 Å². The van der Waals surface area contributed by atoms with Crippen molar-refractivity contribution in [3.05, 3.63) is 0 Å². The average Bonchev–Trinajstić information content (AvgIpc) is 2.27. The molecule has 1 aliphatic heterocycles. The minimum absolute atomic E-state index is 0.114. The fraction of sp³-hybridized carbons (Fsp3) is 0.833. The summed E-state index contributed by atoms with van der Waals surface area (Å²) in [4.78, 5) is 25.5. The molecule has 92 valence electrons. The van der Waals surface area contributed by atoms with Crippen LogP contribution in [-0.2, 0) is 9.59 Å². The Hall–Kier alpha value is -0.900. The Kier molecular flexibility index (Phi) is 4.93. The zero-order chi connectivity index (χ0) is 12.1. The molecule has 1 N–H and O–H groups in total. The second-order valence-corrected chi connectivity index (χ2v) is 4.72. The molecule has 0 aliphatic carbocycles. The van der Waals surface area contributed by atoms with E-state index in [9.17, 15) is 9.59 Å². The minimum atomic E-state index is -0.245. The summed E-state index contributed by atoms with van der Waals surface area (Å²) in [6, 6.07) is -0.245. The first-order chi connectivity index (χ1) is 7.56. The maximum absolute atomic E-state index is 12.0. The summed E-state index contributed by atoms with van der Waals surface area (Å²) in [5.41, 5.74) is 0. The monoisotopic (exact) mass is 226 g/mol. The maximum Gasteiger partial charge on any atom is 0.223 e. The van der Waals surface area contributed by atoms with Crippen LogP contribution in [-0.4, -0.2) is 42.3 Å². The SMILES string of the molecule is CCC(=O)[C@@H]1CNCCN1C(=O)CC(C)C. The van der Waals surface area contributed by atoms with Gasteiger partial charge in [0.15, 0.2) is 5.78 Å². The summed E-state index contributed by atoms with van der Waals surface area (Å²) in [5, 5.41) is 3.17. The quantitative estimate of drug-likeness (QED) is 0.772. The lowest BCUT2D eigenvalue weighted by molar-refractivity contribution is -0.141. The van der Waals surface area contributed by atoms with Crippen LogP contribution in [0.4, 0.5) is 0 Å². The van der Waals surface area contributed by atoms with Crippen LogP contribution in [0.5, 0.6) is 0 Å². The van der Waals surface area contributed by atoms with Gasteiger partial charge in [-0.3, -0.25) is 9.59 Å². The van der Waals surface area contributed by atoms with Crippen LogP contribution < -0.4 is 5.32 Å². The molecule has 1 fully saturated rings. The fourth-order valence-electron chi connectivity index (χ4n) is 1.99. The molecule has 0 saturated carbocycles. The molecule has 0 aromatic heterocycles. The first-order valence-electron chi connectivity index (χ1n) is 6.09. The predicted molar refractivity (Wildman–Crippen MR) is 63.1 cm³/mol. The van der Waals surface area contributed by atoms with Gasteiger partial charge in [-0.1, -0.05) is 20.8 Å². The molecule has 1 saturated heterocycles. The van der Waals surface area contributed by atoms with Gasteiger partial charge < -0.3 is 10.2 Å². The first kappa shape index (κ1) is 13.2. The number of carbonyl (C=O) groups is 2. The summed E-state index contributed by atoms with van der Waals surface area (Å²) in [7, 11) is 0. The second kappa shape index (κ2) is 5.99. The van der Waals surface area contributed by atoms with Gasteiger partial charge in [-0.2, -0.15) is 0 Å². The van der Waals surface area contributed by atoms with Gasteiger partial charge in [0.1, 0.15) is 6.04 Å². The van der Waals surface area contributed by atoms with E-state index >= 15 is 0 Å². The van der Waals surface area contributed by atoms with Gasteiger partial charge in [0.05, 0.1) is 0 Å². The van der Waals surface area contributed by atoms with Crippen molar-refractivity contribution in [2.45, 2.75) is 39.7 Å². The first-order valence-corrected chi connectivity index (χ1v) is 6.09. The van der Waals surface area contributed by atoms with Crippen molar-refractivity contribution in [1.29, 1.82) is 0 Å². The highest BCUT2D eigenvalue weighted by atomic mass is 16.2. The number of hydrogen-bond acceptors (Lipinski definition) is 3. The van der Waals surface area contributed by atoms with E-state index in [0.717, 1.165) is 6.54 Å². The Balaban J connectivity index is 2.66. The molecule has 1 amide bonds. The van der Waals surface area contributed by atoms with Gasteiger partial charge in [0.25, 0.3) is 0 Å². The zero-order valence-electron chi connectivity index (χ0n) is 10.5. The van der Waals surface area contributed by atoms with E-state index in [1.165, 1.54) is 0 Å². The van der Waals surface area contributed by atoms with Crippen LogP contribution in [0.3, 0.4) is 0 Å². The number of hydrogen-bond donors (Lipinski definition) is 1. The Bertz CT molecular complexity index is 264.